The van der Waals surface area contributed by atoms with Crippen LogP contribution in [0.3, 0.4) is 0 Å². The molecule has 0 aromatic heterocycles. The lowest BCUT2D eigenvalue weighted by molar-refractivity contribution is 0.194. The van der Waals surface area contributed by atoms with E-state index >= 15 is 0 Å². The summed E-state index contributed by atoms with van der Waals surface area (Å²) in [6.07, 6.45) is 2.57. The van der Waals surface area contributed by atoms with Gasteiger partial charge in [0.25, 0.3) is 0 Å². The highest BCUT2D eigenvalue weighted by Crippen LogP contribution is 2.23. The molecular weight excluding hydrogens is 439 g/mol. The third kappa shape index (κ3) is 5.45. The van der Waals surface area contributed by atoms with E-state index in [-0.39, 0.29) is 29.7 Å². The summed E-state index contributed by atoms with van der Waals surface area (Å²) in [5, 5.41) is 3.40. The molecule has 0 spiro atoms. The van der Waals surface area contributed by atoms with E-state index in [1.165, 1.54) is 25.9 Å². The molecular formula is C16H33IN4O2S. The first-order valence-corrected chi connectivity index (χ1v) is 10.3. The summed E-state index contributed by atoms with van der Waals surface area (Å²) in [6, 6.07) is 0. The highest BCUT2D eigenvalue weighted by atomic mass is 127. The molecule has 0 bridgehead atoms. The van der Waals surface area contributed by atoms with E-state index in [0.717, 1.165) is 25.0 Å². The van der Waals surface area contributed by atoms with Gasteiger partial charge >= 0.3 is 0 Å². The predicted octanol–water partition coefficient (Wildman–Crippen LogP) is 1.42. The molecule has 2 rings (SSSR count). The predicted molar refractivity (Wildman–Crippen MR) is 111 cm³/mol. The summed E-state index contributed by atoms with van der Waals surface area (Å²) >= 11 is 0. The Morgan fingerprint density at radius 3 is 2.42 bits per heavy atom. The number of aliphatic imine (C=N–C) groups is 1. The number of likely N-dealkylation sites (tertiary alicyclic amines) is 1. The van der Waals surface area contributed by atoms with Crippen molar-refractivity contribution >= 4 is 39.8 Å². The van der Waals surface area contributed by atoms with Crippen LogP contribution in [0.15, 0.2) is 4.99 Å². The van der Waals surface area contributed by atoms with Crippen LogP contribution in [0.4, 0.5) is 0 Å². The minimum atomic E-state index is -3.01. The van der Waals surface area contributed by atoms with E-state index in [1.807, 2.05) is 0 Å². The fourth-order valence-corrected chi connectivity index (χ4v) is 4.63. The quantitative estimate of drug-likeness (QED) is 0.383. The summed E-state index contributed by atoms with van der Waals surface area (Å²) in [5.74, 6) is 1.87. The summed E-state index contributed by atoms with van der Waals surface area (Å²) < 4.78 is 23.5. The Bertz CT molecular complexity index is 528. The third-order valence-electron chi connectivity index (χ3n) is 5.14. The number of hydrogen-bond acceptors (Lipinski definition) is 4. The third-order valence-corrected chi connectivity index (χ3v) is 7.68. The molecule has 0 aromatic carbocycles. The van der Waals surface area contributed by atoms with E-state index in [1.54, 1.807) is 20.9 Å². The van der Waals surface area contributed by atoms with Crippen LogP contribution in [0.2, 0.25) is 0 Å². The van der Waals surface area contributed by atoms with Crippen LogP contribution in [-0.2, 0) is 9.84 Å². The Morgan fingerprint density at radius 1 is 1.25 bits per heavy atom. The molecule has 8 heteroatoms. The number of rotatable bonds is 3. The van der Waals surface area contributed by atoms with Crippen LogP contribution in [0, 0.1) is 5.92 Å². The molecule has 0 aliphatic carbocycles. The molecule has 2 aliphatic rings. The number of nitrogens with zero attached hydrogens (tertiary/aromatic N) is 3. The summed E-state index contributed by atoms with van der Waals surface area (Å²) in [4.78, 5) is 8.90. The second kappa shape index (κ2) is 9.02. The first kappa shape index (κ1) is 22.0. The van der Waals surface area contributed by atoms with E-state index in [9.17, 15) is 8.42 Å². The minimum absolute atomic E-state index is 0. The van der Waals surface area contributed by atoms with Crippen molar-refractivity contribution < 1.29 is 8.42 Å². The molecule has 1 N–H and O–H groups in total. The minimum Gasteiger partial charge on any atom is -0.355 e. The molecule has 2 aliphatic heterocycles. The molecule has 2 heterocycles. The van der Waals surface area contributed by atoms with Gasteiger partial charge in [0.15, 0.2) is 15.8 Å². The summed E-state index contributed by atoms with van der Waals surface area (Å²) in [5.41, 5.74) is 0. The zero-order chi connectivity index (χ0) is 17.1. The maximum Gasteiger partial charge on any atom is 0.193 e. The van der Waals surface area contributed by atoms with Gasteiger partial charge in [0.05, 0.1) is 10.5 Å². The van der Waals surface area contributed by atoms with E-state index < -0.39 is 14.6 Å². The lowest BCUT2D eigenvalue weighted by Gasteiger charge is -2.39. The van der Waals surface area contributed by atoms with E-state index in [4.69, 9.17) is 0 Å². The van der Waals surface area contributed by atoms with Crippen LogP contribution in [0.25, 0.3) is 0 Å². The van der Waals surface area contributed by atoms with Crippen molar-refractivity contribution in [3.05, 3.63) is 0 Å². The van der Waals surface area contributed by atoms with Crippen molar-refractivity contribution in [3.63, 3.8) is 0 Å². The molecule has 0 unspecified atom stereocenters. The maximum absolute atomic E-state index is 12.1. The first-order chi connectivity index (χ1) is 10.7. The van der Waals surface area contributed by atoms with Gasteiger partial charge < -0.3 is 15.1 Å². The second-order valence-electron chi connectivity index (χ2n) is 7.50. The normalized spacial score (nSPS) is 25.2. The molecule has 0 aromatic rings. The van der Waals surface area contributed by atoms with Gasteiger partial charge in [0.2, 0.25) is 0 Å². The van der Waals surface area contributed by atoms with Crippen LogP contribution in [0.5, 0.6) is 0 Å². The van der Waals surface area contributed by atoms with Gasteiger partial charge in [0, 0.05) is 33.2 Å². The van der Waals surface area contributed by atoms with Gasteiger partial charge in [-0.1, -0.05) is 6.92 Å². The summed E-state index contributed by atoms with van der Waals surface area (Å²) in [7, 11) is -1.25. The topological polar surface area (TPSA) is 65.0 Å². The Kier molecular flexibility index (Phi) is 8.25. The molecule has 0 radical (unpaired) electrons. The largest absolute Gasteiger partial charge is 0.355 e. The molecule has 0 atom stereocenters. The van der Waals surface area contributed by atoms with E-state index in [0.29, 0.717) is 13.1 Å². The standard InChI is InChI=1S/C16H32N4O2S.HI/c1-14-5-8-19(9-6-14)10-7-18-15(17-4)20-11-12-23(21,22)16(2,3)13-20;/h14H,5-13H2,1-4H3,(H,17,18);1H. The highest BCUT2D eigenvalue weighted by Gasteiger charge is 2.40. The van der Waals surface area contributed by atoms with Crippen molar-refractivity contribution in [1.82, 2.24) is 15.1 Å². The molecule has 142 valence electrons. The number of halogens is 1. The highest BCUT2D eigenvalue weighted by molar-refractivity contribution is 14.0. The van der Waals surface area contributed by atoms with Gasteiger partial charge in [-0.2, -0.15) is 0 Å². The monoisotopic (exact) mass is 472 g/mol. The van der Waals surface area contributed by atoms with Gasteiger partial charge in [-0.05, 0) is 45.7 Å². The van der Waals surface area contributed by atoms with Crippen molar-refractivity contribution in [2.45, 2.75) is 38.4 Å². The van der Waals surface area contributed by atoms with Crippen molar-refractivity contribution in [2.24, 2.45) is 10.9 Å². The zero-order valence-corrected chi connectivity index (χ0v) is 18.6. The fourth-order valence-electron chi connectivity index (χ4n) is 3.27. The first-order valence-electron chi connectivity index (χ1n) is 8.65. The van der Waals surface area contributed by atoms with Crippen molar-refractivity contribution in [1.29, 1.82) is 0 Å². The number of sulfone groups is 1. The lowest BCUT2D eigenvalue weighted by atomic mass is 9.99. The second-order valence-corrected chi connectivity index (χ2v) is 10.2. The average molecular weight is 472 g/mol. The van der Waals surface area contributed by atoms with Crippen LogP contribution >= 0.6 is 24.0 Å². The number of piperidine rings is 1. The van der Waals surface area contributed by atoms with Gasteiger partial charge in [-0.25, -0.2) is 8.42 Å². The van der Waals surface area contributed by atoms with Crippen molar-refractivity contribution in [2.75, 3.05) is 52.1 Å². The molecule has 2 fully saturated rings. The fraction of sp³-hybridized carbons (Fsp3) is 0.938. The Balaban J connectivity index is 0.00000288. The van der Waals surface area contributed by atoms with E-state index in [2.05, 4.69) is 27.0 Å². The Morgan fingerprint density at radius 2 is 1.88 bits per heavy atom. The molecule has 0 amide bonds. The SMILES string of the molecule is CN=C(NCCN1CCC(C)CC1)N1CCS(=O)(=O)C(C)(C)C1.I. The van der Waals surface area contributed by atoms with Crippen LogP contribution in [0.1, 0.15) is 33.6 Å². The lowest BCUT2D eigenvalue weighted by Crippen LogP contribution is -2.57. The number of hydrogen-bond donors (Lipinski definition) is 1. The maximum atomic E-state index is 12.1. The van der Waals surface area contributed by atoms with Crippen LogP contribution in [-0.4, -0.2) is 81.0 Å². The number of guanidine groups is 1. The summed E-state index contributed by atoms with van der Waals surface area (Å²) in [6.45, 7) is 11.2. The zero-order valence-electron chi connectivity index (χ0n) is 15.4. The van der Waals surface area contributed by atoms with Crippen LogP contribution < -0.4 is 5.32 Å². The Hall–Kier alpha value is -0.0900. The smallest absolute Gasteiger partial charge is 0.193 e. The van der Waals surface area contributed by atoms with Crippen molar-refractivity contribution in [3.8, 4) is 0 Å². The molecule has 24 heavy (non-hydrogen) atoms. The van der Waals surface area contributed by atoms with Gasteiger partial charge in [-0.3, -0.25) is 4.99 Å². The average Bonchev–Trinajstić information content (AvgIpc) is 2.49. The molecule has 2 saturated heterocycles. The number of nitrogens with one attached hydrogen (secondary N) is 1. The Labute approximate surface area is 164 Å². The van der Waals surface area contributed by atoms with Gasteiger partial charge in [-0.15, -0.1) is 24.0 Å². The molecule has 0 saturated carbocycles. The van der Waals surface area contributed by atoms with Gasteiger partial charge in [0.1, 0.15) is 0 Å². The molecule has 6 nitrogen and oxygen atoms in total.